The van der Waals surface area contributed by atoms with Crippen molar-refractivity contribution in [3.63, 3.8) is 0 Å². The van der Waals surface area contributed by atoms with Gasteiger partial charge in [-0.3, -0.25) is 9.88 Å². The minimum atomic E-state index is -0.752. The second-order valence-electron chi connectivity index (χ2n) is 6.44. The Balaban J connectivity index is 1.81. The van der Waals surface area contributed by atoms with Gasteiger partial charge >= 0.3 is 6.03 Å². The van der Waals surface area contributed by atoms with E-state index in [1.54, 1.807) is 27.3 Å². The molecule has 9 heteroatoms. The van der Waals surface area contributed by atoms with Crippen molar-refractivity contribution in [2.45, 2.75) is 19.4 Å². The number of urea groups is 1. The molecule has 8 nitrogen and oxygen atoms in total. The summed E-state index contributed by atoms with van der Waals surface area (Å²) in [6.07, 6.45) is 1.70. The number of aromatic nitrogens is 4. The van der Waals surface area contributed by atoms with Gasteiger partial charge < -0.3 is 9.64 Å². The molecule has 0 spiro atoms. The molecule has 0 radical (unpaired) electrons. The fourth-order valence-electron chi connectivity index (χ4n) is 2.28. The Morgan fingerprint density at radius 3 is 2.50 bits per heavy atom. The maximum atomic E-state index is 12.0. The van der Waals surface area contributed by atoms with Crippen LogP contribution in [-0.4, -0.2) is 52.2 Å². The van der Waals surface area contributed by atoms with E-state index in [9.17, 15) is 4.79 Å². The standard InChI is InChI=1S/C17H20N6O2S/c1-17(2,13-10-18-11-8-6-7-9-12(11)19-13)25-15-21-20-14(26-15)23(5)16(24)22(3)4/h6-10H,1-5H3. The highest BCUT2D eigenvalue weighted by atomic mass is 32.1. The summed E-state index contributed by atoms with van der Waals surface area (Å²) in [4.78, 5) is 24.0. The van der Waals surface area contributed by atoms with Crippen molar-refractivity contribution in [3.8, 4) is 5.19 Å². The quantitative estimate of drug-likeness (QED) is 0.700. The Labute approximate surface area is 155 Å². The summed E-state index contributed by atoms with van der Waals surface area (Å²) in [7, 11) is 5.00. The monoisotopic (exact) mass is 372 g/mol. The highest BCUT2D eigenvalue weighted by molar-refractivity contribution is 7.17. The predicted molar refractivity (Wildman–Crippen MR) is 101 cm³/mol. The number of amides is 2. The minimum absolute atomic E-state index is 0.188. The molecular weight excluding hydrogens is 352 g/mol. The summed E-state index contributed by atoms with van der Waals surface area (Å²) >= 11 is 1.20. The highest BCUT2D eigenvalue weighted by Gasteiger charge is 2.28. The molecule has 26 heavy (non-hydrogen) atoms. The molecule has 0 saturated carbocycles. The lowest BCUT2D eigenvalue weighted by Gasteiger charge is -2.23. The molecule has 3 aromatic rings. The molecule has 0 unspecified atom stereocenters. The topological polar surface area (TPSA) is 84.3 Å². The van der Waals surface area contributed by atoms with Crippen LogP contribution in [0.1, 0.15) is 19.5 Å². The van der Waals surface area contributed by atoms with Crippen LogP contribution >= 0.6 is 11.3 Å². The van der Waals surface area contributed by atoms with E-state index < -0.39 is 5.60 Å². The number of anilines is 1. The minimum Gasteiger partial charge on any atom is -0.456 e. The SMILES string of the molecule is CN(C)C(=O)N(C)c1nnc(OC(C)(C)c2cnc3ccccc3n2)s1. The maximum absolute atomic E-state index is 12.0. The molecule has 3 rings (SSSR count). The highest BCUT2D eigenvalue weighted by Crippen LogP contribution is 2.32. The van der Waals surface area contributed by atoms with Crippen LogP contribution in [0.4, 0.5) is 9.93 Å². The van der Waals surface area contributed by atoms with Gasteiger partial charge in [-0.2, -0.15) is 0 Å². The van der Waals surface area contributed by atoms with Crippen LogP contribution in [-0.2, 0) is 5.60 Å². The molecule has 0 aliphatic rings. The van der Waals surface area contributed by atoms with Gasteiger partial charge in [-0.25, -0.2) is 9.78 Å². The lowest BCUT2D eigenvalue weighted by Crippen LogP contribution is -2.36. The number of carbonyl (C=O) groups excluding carboxylic acids is 1. The zero-order valence-electron chi connectivity index (χ0n) is 15.3. The van der Waals surface area contributed by atoms with E-state index >= 15 is 0 Å². The van der Waals surface area contributed by atoms with Crippen LogP contribution in [0.3, 0.4) is 0 Å². The smallest absolute Gasteiger partial charge is 0.325 e. The molecule has 0 fully saturated rings. The third-order valence-corrected chi connectivity index (χ3v) is 4.64. The van der Waals surface area contributed by atoms with E-state index in [0.29, 0.717) is 16.0 Å². The Bertz CT molecular complexity index is 940. The summed E-state index contributed by atoms with van der Waals surface area (Å²) < 4.78 is 6.00. The number of hydrogen-bond acceptors (Lipinski definition) is 7. The van der Waals surface area contributed by atoms with Crippen LogP contribution in [0.25, 0.3) is 11.0 Å². The largest absolute Gasteiger partial charge is 0.456 e. The van der Waals surface area contributed by atoms with Crippen molar-refractivity contribution in [3.05, 3.63) is 36.2 Å². The predicted octanol–water partition coefficient (Wildman–Crippen LogP) is 2.91. The molecule has 0 bridgehead atoms. The number of nitrogens with zero attached hydrogens (tertiary/aromatic N) is 6. The van der Waals surface area contributed by atoms with Crippen molar-refractivity contribution >= 4 is 33.5 Å². The van der Waals surface area contributed by atoms with Crippen molar-refractivity contribution < 1.29 is 9.53 Å². The van der Waals surface area contributed by atoms with Gasteiger partial charge in [0.05, 0.1) is 17.2 Å². The summed E-state index contributed by atoms with van der Waals surface area (Å²) in [5.74, 6) is 0. The summed E-state index contributed by atoms with van der Waals surface area (Å²) in [6.45, 7) is 3.78. The number of hydrogen-bond donors (Lipinski definition) is 0. The first-order chi connectivity index (χ1) is 12.3. The lowest BCUT2D eigenvalue weighted by atomic mass is 10.1. The van der Waals surface area contributed by atoms with Gasteiger partial charge in [0.1, 0.15) is 11.3 Å². The Morgan fingerprint density at radius 2 is 1.81 bits per heavy atom. The molecule has 2 heterocycles. The molecule has 0 aliphatic heterocycles. The summed E-state index contributed by atoms with van der Waals surface area (Å²) in [5, 5.41) is 8.89. The first kappa shape index (κ1) is 18.0. The maximum Gasteiger partial charge on any atom is 0.325 e. The average Bonchev–Trinajstić information content (AvgIpc) is 3.07. The van der Waals surface area contributed by atoms with Crippen molar-refractivity contribution in [1.29, 1.82) is 0 Å². The van der Waals surface area contributed by atoms with Crippen LogP contribution in [0.5, 0.6) is 5.19 Å². The molecule has 1 aromatic carbocycles. The molecule has 0 atom stereocenters. The van der Waals surface area contributed by atoms with Gasteiger partial charge in [-0.05, 0) is 37.3 Å². The molecule has 0 aliphatic carbocycles. The second-order valence-corrected chi connectivity index (χ2v) is 7.36. The third kappa shape index (κ3) is 3.57. The number of benzene rings is 1. The third-order valence-electron chi connectivity index (χ3n) is 3.76. The molecule has 2 amide bonds. The number of ether oxygens (including phenoxy) is 1. The van der Waals surface area contributed by atoms with Crippen LogP contribution < -0.4 is 9.64 Å². The van der Waals surface area contributed by atoms with Crippen LogP contribution in [0.15, 0.2) is 30.5 Å². The van der Waals surface area contributed by atoms with E-state index in [4.69, 9.17) is 4.74 Å². The van der Waals surface area contributed by atoms with Gasteiger partial charge in [-0.15, -0.1) is 5.10 Å². The van der Waals surface area contributed by atoms with Gasteiger partial charge in [0.2, 0.25) is 5.13 Å². The molecule has 2 aromatic heterocycles. The molecule has 0 saturated heterocycles. The normalized spacial score (nSPS) is 11.4. The zero-order valence-corrected chi connectivity index (χ0v) is 16.1. The number of para-hydroxylation sites is 2. The van der Waals surface area contributed by atoms with Gasteiger partial charge in [0.25, 0.3) is 5.19 Å². The van der Waals surface area contributed by atoms with E-state index in [0.717, 1.165) is 11.0 Å². The lowest BCUT2D eigenvalue weighted by molar-refractivity contribution is 0.102. The zero-order chi connectivity index (χ0) is 18.9. The van der Waals surface area contributed by atoms with E-state index in [-0.39, 0.29) is 6.03 Å². The molecule has 0 N–H and O–H groups in total. The van der Waals surface area contributed by atoms with E-state index in [2.05, 4.69) is 20.2 Å². The number of carbonyl (C=O) groups is 1. The fourth-order valence-corrected chi connectivity index (χ4v) is 3.06. The number of rotatable bonds is 4. The van der Waals surface area contributed by atoms with Gasteiger partial charge in [-0.1, -0.05) is 17.2 Å². The Morgan fingerprint density at radius 1 is 1.12 bits per heavy atom. The first-order valence-corrected chi connectivity index (χ1v) is 8.79. The average molecular weight is 372 g/mol. The summed E-state index contributed by atoms with van der Waals surface area (Å²) in [6, 6.07) is 7.48. The summed E-state index contributed by atoms with van der Waals surface area (Å²) in [5.41, 5.74) is 1.56. The molecular formula is C17H20N6O2S. The second kappa shape index (κ2) is 6.83. The van der Waals surface area contributed by atoms with Crippen molar-refractivity contribution in [1.82, 2.24) is 25.1 Å². The Kier molecular flexibility index (Phi) is 4.73. The van der Waals surface area contributed by atoms with Crippen molar-refractivity contribution in [2.24, 2.45) is 0 Å². The first-order valence-electron chi connectivity index (χ1n) is 7.98. The van der Waals surface area contributed by atoms with Crippen LogP contribution in [0, 0.1) is 0 Å². The van der Waals surface area contributed by atoms with E-state index in [1.165, 1.54) is 21.1 Å². The Hall–Kier alpha value is -2.81. The fraction of sp³-hybridized carbons (Fsp3) is 0.353. The van der Waals surface area contributed by atoms with Crippen molar-refractivity contribution in [2.75, 3.05) is 26.0 Å². The van der Waals surface area contributed by atoms with E-state index in [1.807, 2.05) is 38.1 Å². The van der Waals surface area contributed by atoms with Crippen LogP contribution in [0.2, 0.25) is 0 Å². The number of fused-ring (bicyclic) bond motifs is 1. The van der Waals surface area contributed by atoms with Gasteiger partial charge in [0, 0.05) is 21.1 Å². The van der Waals surface area contributed by atoms with Gasteiger partial charge in [0.15, 0.2) is 0 Å². The molecule has 136 valence electrons.